The quantitative estimate of drug-likeness (QED) is 0.609. The third-order valence-corrected chi connectivity index (χ3v) is 2.74. The molecule has 0 saturated carbocycles. The van der Waals surface area contributed by atoms with Gasteiger partial charge in [-0.25, -0.2) is 4.79 Å². The molecule has 0 bridgehead atoms. The molecule has 0 radical (unpaired) electrons. The van der Waals surface area contributed by atoms with Gasteiger partial charge >= 0.3 is 5.97 Å². The van der Waals surface area contributed by atoms with Crippen molar-refractivity contribution in [3.63, 3.8) is 0 Å². The molecule has 1 aromatic heterocycles. The van der Waals surface area contributed by atoms with Crippen molar-refractivity contribution in [2.24, 2.45) is 0 Å². The number of carbonyl (C=O) groups excluding carboxylic acids is 1. The summed E-state index contributed by atoms with van der Waals surface area (Å²) in [7, 11) is 0. The Balaban J connectivity index is 2.10. The first kappa shape index (κ1) is 13.0. The number of hydrogen-bond acceptors (Lipinski definition) is 4. The predicted molar refractivity (Wildman–Crippen MR) is 71.1 cm³/mol. The van der Waals surface area contributed by atoms with Gasteiger partial charge in [-0.3, -0.25) is 4.57 Å². The Hall–Kier alpha value is -2.43. The zero-order valence-corrected chi connectivity index (χ0v) is 10.7. The van der Waals surface area contributed by atoms with Crippen LogP contribution in [0.2, 0.25) is 0 Å². The minimum Gasteiger partial charge on any atom is -0.455 e. The zero-order valence-electron chi connectivity index (χ0n) is 10.7. The van der Waals surface area contributed by atoms with Gasteiger partial charge in [-0.15, -0.1) is 10.2 Å². The fourth-order valence-electron chi connectivity index (χ4n) is 1.61. The van der Waals surface area contributed by atoms with Crippen molar-refractivity contribution in [1.82, 2.24) is 14.8 Å². The highest BCUT2D eigenvalue weighted by atomic mass is 16.5. The van der Waals surface area contributed by atoms with E-state index in [0.717, 1.165) is 5.69 Å². The summed E-state index contributed by atoms with van der Waals surface area (Å²) in [6.45, 7) is 5.57. The van der Waals surface area contributed by atoms with E-state index in [0.29, 0.717) is 12.0 Å². The van der Waals surface area contributed by atoms with Gasteiger partial charge < -0.3 is 4.74 Å². The maximum Gasteiger partial charge on any atom is 0.338 e. The number of benzene rings is 1. The molecule has 1 unspecified atom stereocenters. The van der Waals surface area contributed by atoms with Crippen LogP contribution in [0.4, 0.5) is 0 Å². The van der Waals surface area contributed by atoms with Crippen molar-refractivity contribution >= 4 is 5.97 Å². The maximum atomic E-state index is 11.9. The fourth-order valence-corrected chi connectivity index (χ4v) is 1.61. The Labute approximate surface area is 111 Å². The van der Waals surface area contributed by atoms with E-state index in [1.165, 1.54) is 0 Å². The largest absolute Gasteiger partial charge is 0.455 e. The molecule has 5 heteroatoms. The third kappa shape index (κ3) is 3.07. The van der Waals surface area contributed by atoms with Gasteiger partial charge in [0.1, 0.15) is 18.8 Å². The smallest absolute Gasteiger partial charge is 0.338 e. The number of esters is 1. The van der Waals surface area contributed by atoms with Gasteiger partial charge in [0.25, 0.3) is 0 Å². The van der Waals surface area contributed by atoms with Gasteiger partial charge in [-0.1, -0.05) is 19.6 Å². The molecule has 0 aliphatic heterocycles. The van der Waals surface area contributed by atoms with E-state index in [4.69, 9.17) is 4.74 Å². The topological polar surface area (TPSA) is 57.0 Å². The molecule has 0 aliphatic rings. The van der Waals surface area contributed by atoms with Crippen LogP contribution in [0.1, 0.15) is 23.7 Å². The van der Waals surface area contributed by atoms with Crippen LogP contribution in [0.15, 0.2) is 49.6 Å². The molecule has 0 saturated heterocycles. The molecule has 19 heavy (non-hydrogen) atoms. The summed E-state index contributed by atoms with van der Waals surface area (Å²) >= 11 is 0. The van der Waals surface area contributed by atoms with E-state index in [9.17, 15) is 4.79 Å². The molecule has 1 heterocycles. The minimum atomic E-state index is -0.345. The summed E-state index contributed by atoms with van der Waals surface area (Å²) in [5.41, 5.74) is 1.40. The van der Waals surface area contributed by atoms with Crippen molar-refractivity contribution in [2.75, 3.05) is 0 Å². The zero-order chi connectivity index (χ0) is 13.7. The van der Waals surface area contributed by atoms with Crippen LogP contribution in [0.5, 0.6) is 0 Å². The van der Waals surface area contributed by atoms with E-state index in [2.05, 4.69) is 16.8 Å². The Morgan fingerprint density at radius 2 is 2.00 bits per heavy atom. The molecule has 0 fully saturated rings. The molecular weight excluding hydrogens is 242 g/mol. The number of ether oxygens (including phenoxy) is 1. The van der Waals surface area contributed by atoms with Crippen LogP contribution in [0.25, 0.3) is 5.69 Å². The predicted octanol–water partition coefficient (Wildman–Crippen LogP) is 2.39. The van der Waals surface area contributed by atoms with E-state index >= 15 is 0 Å². The van der Waals surface area contributed by atoms with Crippen molar-refractivity contribution in [3.05, 3.63) is 55.1 Å². The lowest BCUT2D eigenvalue weighted by Crippen LogP contribution is -2.15. The average Bonchev–Trinajstić information content (AvgIpc) is 2.99. The molecule has 5 nitrogen and oxygen atoms in total. The highest BCUT2D eigenvalue weighted by molar-refractivity contribution is 5.89. The first-order chi connectivity index (χ1) is 9.24. The van der Waals surface area contributed by atoms with E-state index < -0.39 is 0 Å². The second-order valence-electron chi connectivity index (χ2n) is 4.00. The molecule has 1 atom stereocenters. The van der Waals surface area contributed by atoms with Gasteiger partial charge in [-0.2, -0.15) is 0 Å². The lowest BCUT2D eigenvalue weighted by Gasteiger charge is -2.11. The standard InChI is InChI=1S/C14H15N3O2/c1-3-13(4-2)19-14(18)11-5-7-12(8-6-11)17-9-15-16-10-17/h3,5-10,13H,1,4H2,2H3. The lowest BCUT2D eigenvalue weighted by atomic mass is 10.2. The van der Waals surface area contributed by atoms with Crippen molar-refractivity contribution in [3.8, 4) is 5.69 Å². The first-order valence-corrected chi connectivity index (χ1v) is 6.03. The Morgan fingerprint density at radius 3 is 2.53 bits per heavy atom. The van der Waals surface area contributed by atoms with Crippen LogP contribution in [0, 0.1) is 0 Å². The number of carbonyl (C=O) groups is 1. The van der Waals surface area contributed by atoms with Crippen molar-refractivity contribution in [2.45, 2.75) is 19.4 Å². The van der Waals surface area contributed by atoms with Crippen molar-refractivity contribution in [1.29, 1.82) is 0 Å². The number of nitrogens with zero attached hydrogens (tertiary/aromatic N) is 3. The second-order valence-corrected chi connectivity index (χ2v) is 4.00. The minimum absolute atomic E-state index is 0.245. The first-order valence-electron chi connectivity index (χ1n) is 6.03. The summed E-state index contributed by atoms with van der Waals surface area (Å²) in [5.74, 6) is -0.345. The monoisotopic (exact) mass is 257 g/mol. The van der Waals surface area contributed by atoms with Crippen LogP contribution >= 0.6 is 0 Å². The summed E-state index contributed by atoms with van der Waals surface area (Å²) in [6.07, 6.45) is 5.29. The van der Waals surface area contributed by atoms with Crippen LogP contribution in [-0.2, 0) is 4.74 Å². The van der Waals surface area contributed by atoms with Crippen LogP contribution in [-0.4, -0.2) is 26.8 Å². The molecule has 0 aliphatic carbocycles. The van der Waals surface area contributed by atoms with Gasteiger partial charge in [0.2, 0.25) is 0 Å². The van der Waals surface area contributed by atoms with Crippen molar-refractivity contribution < 1.29 is 9.53 Å². The number of rotatable bonds is 5. The van der Waals surface area contributed by atoms with Crippen LogP contribution < -0.4 is 0 Å². The highest BCUT2D eigenvalue weighted by Crippen LogP contribution is 2.11. The highest BCUT2D eigenvalue weighted by Gasteiger charge is 2.11. The third-order valence-electron chi connectivity index (χ3n) is 2.74. The van der Waals surface area contributed by atoms with E-state index in [-0.39, 0.29) is 12.1 Å². The Bertz CT molecular complexity index is 547. The second kappa shape index (κ2) is 5.95. The Kier molecular flexibility index (Phi) is 4.07. The number of aromatic nitrogens is 3. The summed E-state index contributed by atoms with van der Waals surface area (Å²) in [4.78, 5) is 11.9. The number of hydrogen-bond donors (Lipinski definition) is 0. The van der Waals surface area contributed by atoms with Gasteiger partial charge in [0.05, 0.1) is 5.56 Å². The maximum absolute atomic E-state index is 11.9. The average molecular weight is 257 g/mol. The SMILES string of the molecule is C=CC(CC)OC(=O)c1ccc(-n2cnnc2)cc1. The van der Waals surface area contributed by atoms with E-state index in [1.807, 2.05) is 19.1 Å². The molecule has 0 amide bonds. The molecule has 0 N–H and O–H groups in total. The molecule has 1 aromatic carbocycles. The molecule has 0 spiro atoms. The summed E-state index contributed by atoms with van der Waals surface area (Å²) in [5, 5.41) is 7.46. The summed E-state index contributed by atoms with van der Waals surface area (Å²) in [6, 6.07) is 7.06. The molecule has 2 aromatic rings. The normalized spacial score (nSPS) is 11.8. The molecular formula is C14H15N3O2. The molecule has 2 rings (SSSR count). The summed E-state index contributed by atoms with van der Waals surface area (Å²) < 4.78 is 7.03. The fraction of sp³-hybridized carbons (Fsp3) is 0.214. The van der Waals surface area contributed by atoms with Gasteiger partial charge in [0.15, 0.2) is 0 Å². The van der Waals surface area contributed by atoms with E-state index in [1.54, 1.807) is 35.4 Å². The lowest BCUT2D eigenvalue weighted by molar-refractivity contribution is 0.0389. The van der Waals surface area contributed by atoms with Gasteiger partial charge in [-0.05, 0) is 30.7 Å². The van der Waals surface area contributed by atoms with Gasteiger partial charge in [0, 0.05) is 5.69 Å². The Morgan fingerprint density at radius 1 is 1.37 bits per heavy atom. The molecule has 98 valence electrons. The van der Waals surface area contributed by atoms with Crippen LogP contribution in [0.3, 0.4) is 0 Å².